The third-order valence-electron chi connectivity index (χ3n) is 20.3. The number of fused-ring (bicyclic) bond motifs is 7. The van der Waals surface area contributed by atoms with Crippen LogP contribution in [0.3, 0.4) is 0 Å². The van der Waals surface area contributed by atoms with Crippen molar-refractivity contribution < 1.29 is 83.7 Å². The van der Waals surface area contributed by atoms with Crippen LogP contribution in [-0.4, -0.2) is 171 Å². The first-order valence-corrected chi connectivity index (χ1v) is 26.8. The Kier molecular flexibility index (Phi) is 16.3. The van der Waals surface area contributed by atoms with Crippen molar-refractivity contribution in [3.63, 3.8) is 0 Å². The summed E-state index contributed by atoms with van der Waals surface area (Å²) in [7, 11) is 0. The van der Waals surface area contributed by atoms with Crippen molar-refractivity contribution in [2.24, 2.45) is 56.0 Å². The fourth-order valence-corrected chi connectivity index (χ4v) is 15.6. The molecule has 0 aromatic heterocycles. The molecule has 3 heterocycles. The van der Waals surface area contributed by atoms with E-state index in [1.165, 1.54) is 12.5 Å². The Morgan fingerprint density at radius 3 is 2.18 bits per heavy atom. The lowest BCUT2D eigenvalue weighted by Gasteiger charge is -2.71. The lowest BCUT2D eigenvalue weighted by atomic mass is 9.33. The summed E-state index contributed by atoms with van der Waals surface area (Å²) >= 11 is 0. The van der Waals surface area contributed by atoms with Crippen LogP contribution in [0.4, 0.5) is 0 Å². The first kappa shape index (κ1) is 56.0. The molecule has 72 heavy (non-hydrogen) atoms. The minimum Gasteiger partial charge on any atom is -0.432 e. The molecule has 0 radical (unpaired) electrons. The van der Waals surface area contributed by atoms with Crippen LogP contribution in [0, 0.1) is 50.2 Å². The van der Waals surface area contributed by atoms with Crippen molar-refractivity contribution in [3.05, 3.63) is 11.6 Å². The van der Waals surface area contributed by atoms with Gasteiger partial charge in [-0.1, -0.05) is 59.6 Å². The number of nitrogens with two attached hydrogens (primary N) is 1. The van der Waals surface area contributed by atoms with Gasteiger partial charge in [0.05, 0.1) is 42.3 Å². The van der Waals surface area contributed by atoms with Crippen LogP contribution in [0.1, 0.15) is 138 Å². The number of hydrogen-bond acceptors (Lipinski definition) is 18. The van der Waals surface area contributed by atoms with Gasteiger partial charge >= 0.3 is 5.97 Å². The number of allylic oxidation sites excluding steroid dienone is 2. The molecule has 4 saturated carbocycles. The third kappa shape index (κ3) is 9.46. The summed E-state index contributed by atoms with van der Waals surface area (Å²) in [4.78, 5) is 41.6. The molecule has 0 aromatic rings. The summed E-state index contributed by atoms with van der Waals surface area (Å²) in [5.41, 5.74) is 4.22. The molecule has 11 N–H and O–H groups in total. The topological polar surface area (TPSA) is 306 Å². The van der Waals surface area contributed by atoms with Crippen molar-refractivity contribution in [3.8, 4) is 0 Å². The molecule has 0 bridgehead atoms. The van der Waals surface area contributed by atoms with Crippen LogP contribution in [0.5, 0.6) is 0 Å². The number of amides is 1. The van der Waals surface area contributed by atoms with Gasteiger partial charge in [0.1, 0.15) is 55.1 Å². The summed E-state index contributed by atoms with van der Waals surface area (Å²) in [6.45, 7) is 14.4. The molecule has 19 heteroatoms. The normalized spacial score (nSPS) is 50.0. The van der Waals surface area contributed by atoms with E-state index in [9.17, 15) is 50.4 Å². The van der Waals surface area contributed by atoms with E-state index in [-0.39, 0.29) is 52.4 Å². The number of esters is 1. The maximum absolute atomic E-state index is 15.5. The summed E-state index contributed by atoms with van der Waals surface area (Å²) < 4.78 is 36.5. The number of carbonyl (C=O) groups is 3. The van der Waals surface area contributed by atoms with E-state index in [1.54, 1.807) is 0 Å². The maximum Gasteiger partial charge on any atom is 0.315 e. The van der Waals surface area contributed by atoms with Gasteiger partial charge in [0, 0.05) is 6.42 Å². The molecule has 0 aromatic carbocycles. The zero-order valence-corrected chi connectivity index (χ0v) is 43.4. The Balaban J connectivity index is 1.08. The Bertz CT molecular complexity index is 1990. The predicted molar refractivity (Wildman–Crippen MR) is 257 cm³/mol. The highest BCUT2D eigenvalue weighted by molar-refractivity contribution is 5.79. The highest BCUT2D eigenvalue weighted by atomic mass is 16.8. The molecule has 5 aliphatic carbocycles. The first-order valence-electron chi connectivity index (χ1n) is 26.8. The summed E-state index contributed by atoms with van der Waals surface area (Å²) in [5, 5.41) is 90.8. The number of aliphatic hydroxyl groups is 8. The lowest BCUT2D eigenvalue weighted by molar-refractivity contribution is -0.369. The van der Waals surface area contributed by atoms with Gasteiger partial charge in [0.2, 0.25) is 12.2 Å². The number of aldehydes is 1. The van der Waals surface area contributed by atoms with E-state index in [4.69, 9.17) is 34.2 Å². The summed E-state index contributed by atoms with van der Waals surface area (Å²) in [5.74, 6) is -0.967. The molecule has 19 nitrogen and oxygen atoms in total. The van der Waals surface area contributed by atoms with Gasteiger partial charge in [-0.2, -0.15) is 0 Å². The van der Waals surface area contributed by atoms with Crippen LogP contribution in [0.2, 0.25) is 0 Å². The van der Waals surface area contributed by atoms with E-state index in [2.05, 4.69) is 46.0 Å². The molecule has 1 amide bonds. The van der Waals surface area contributed by atoms with Gasteiger partial charge in [-0.15, -0.1) is 0 Å². The van der Waals surface area contributed by atoms with Gasteiger partial charge in [0.15, 0.2) is 18.7 Å². The third-order valence-corrected chi connectivity index (χ3v) is 20.3. The fraction of sp³-hybridized carbons (Fsp3) is 0.906. The fourth-order valence-electron chi connectivity index (χ4n) is 15.6. The smallest absolute Gasteiger partial charge is 0.315 e. The molecular formula is C53H86N2O17. The second-order valence-electron chi connectivity index (χ2n) is 24.9. The Hall–Kier alpha value is -2.21. The van der Waals surface area contributed by atoms with E-state index in [1.807, 2.05) is 6.92 Å². The van der Waals surface area contributed by atoms with Crippen molar-refractivity contribution in [2.75, 3.05) is 19.8 Å². The van der Waals surface area contributed by atoms with Crippen molar-refractivity contribution >= 4 is 18.2 Å². The number of unbranched alkanes of at least 4 members (excludes halogenated alkanes) is 2. The van der Waals surface area contributed by atoms with Crippen LogP contribution in [-0.2, 0) is 42.8 Å². The van der Waals surface area contributed by atoms with Crippen molar-refractivity contribution in [1.82, 2.24) is 5.32 Å². The molecule has 12 unspecified atom stereocenters. The molecule has 8 aliphatic rings. The zero-order chi connectivity index (χ0) is 52.5. The Labute approximate surface area is 423 Å². The molecule has 0 spiro atoms. The van der Waals surface area contributed by atoms with Gasteiger partial charge in [0.25, 0.3) is 0 Å². The van der Waals surface area contributed by atoms with Crippen LogP contribution in [0.15, 0.2) is 11.6 Å². The van der Waals surface area contributed by atoms with E-state index in [0.29, 0.717) is 57.9 Å². The monoisotopic (exact) mass is 1020 g/mol. The number of hydrogen-bond donors (Lipinski definition) is 10. The number of aliphatic hydroxyl groups excluding tert-OH is 8. The zero-order valence-electron chi connectivity index (χ0n) is 43.4. The SMILES string of the molecule is CC1OC(OC2C(O)[C@@H](NC(=O)CCCCCN)C(CO)O[C@H]2OC(=O)[C@]23CCC(C)(C)CC2C2=CCC4C5(C)CC[C@H](O)[C@](C)(C=O)[C@@H]5CC[C@@]4(C)[C@]2(C)CC3)C(O)C(O)[C@H]1O[C@@H]1OC[C@@H](O)C(O)C1O. The minimum absolute atomic E-state index is 0.0320. The quantitative estimate of drug-likeness (QED) is 0.0512. The highest BCUT2D eigenvalue weighted by Crippen LogP contribution is 2.76. The lowest BCUT2D eigenvalue weighted by Crippen LogP contribution is -2.68. The van der Waals surface area contributed by atoms with Gasteiger partial charge in [-0.05, 0) is 130 Å². The standard InChI is InChI=1S/C53H86N2O17/c1-27-42(70-44-40(64)37(61)30(58)25-67-44)39(63)41(65)45(68-27)71-43-38(62)36(55-35(60)11-9-8-10-22-54)31(24-56)69-46(43)72-47(66)53-20-18-48(2,3)23-29(53)28-12-13-33-49(4)16-15-34(59)50(5,26-57)32(49)14-17-52(33,7)51(28,6)19-21-53/h12,26-27,29-34,36-46,56,58-59,61-65H,8-11,13-25,54H2,1-7H3,(H,55,60)/t27?,29?,30-,31?,32-,33?,34+,36+,37?,38?,39?,40?,41?,42+,43?,44+,45?,46+,49?,50-,51-,52-,53+/m1/s1. The number of rotatable bonds is 14. The Morgan fingerprint density at radius 1 is 0.792 bits per heavy atom. The molecule has 3 aliphatic heterocycles. The number of ether oxygens (including phenoxy) is 6. The van der Waals surface area contributed by atoms with E-state index in [0.717, 1.165) is 38.4 Å². The van der Waals surface area contributed by atoms with Crippen molar-refractivity contribution in [2.45, 2.75) is 230 Å². The largest absolute Gasteiger partial charge is 0.432 e. The number of carbonyl (C=O) groups excluding carboxylic acids is 3. The molecule has 7 fully saturated rings. The maximum atomic E-state index is 15.5. The second-order valence-corrected chi connectivity index (χ2v) is 24.9. The molecular weight excluding hydrogens is 937 g/mol. The second kappa shape index (κ2) is 21.0. The minimum atomic E-state index is -1.89. The average Bonchev–Trinajstić information content (AvgIpc) is 3.33. The van der Waals surface area contributed by atoms with E-state index < -0.39 is 121 Å². The molecule has 23 atom stereocenters. The van der Waals surface area contributed by atoms with Gasteiger partial charge < -0.3 is 85.1 Å². The first-order chi connectivity index (χ1) is 33.9. The van der Waals surface area contributed by atoms with Crippen molar-refractivity contribution in [1.29, 1.82) is 0 Å². The highest BCUT2D eigenvalue weighted by Gasteiger charge is 2.70. The summed E-state index contributed by atoms with van der Waals surface area (Å²) in [6, 6.07) is -1.28. The van der Waals surface area contributed by atoms with Crippen LogP contribution in [0.25, 0.3) is 0 Å². The Morgan fingerprint density at radius 2 is 1.49 bits per heavy atom. The van der Waals surface area contributed by atoms with Crippen LogP contribution < -0.4 is 11.1 Å². The summed E-state index contributed by atoms with van der Waals surface area (Å²) in [6.07, 6.45) is -8.70. The van der Waals surface area contributed by atoms with Gasteiger partial charge in [-0.3, -0.25) is 9.59 Å². The number of nitrogens with one attached hydrogen (secondary N) is 1. The van der Waals surface area contributed by atoms with E-state index >= 15 is 4.79 Å². The molecule has 410 valence electrons. The molecule has 3 saturated heterocycles. The predicted octanol–water partition coefficient (Wildman–Crippen LogP) is 1.63. The average molecular weight is 1020 g/mol. The molecule has 8 rings (SSSR count). The van der Waals surface area contributed by atoms with Crippen LogP contribution >= 0.6 is 0 Å². The van der Waals surface area contributed by atoms with Gasteiger partial charge in [-0.25, -0.2) is 0 Å².